The topological polar surface area (TPSA) is 190 Å². The normalized spacial score (nSPS) is 15.3. The smallest absolute Gasteiger partial charge is 0.313 e. The highest BCUT2D eigenvalue weighted by Gasteiger charge is 2.47. The third-order valence-electron chi connectivity index (χ3n) is 13.2. The molecule has 0 N–H and O–H groups in total. The molecule has 1 saturated heterocycles. The van der Waals surface area contributed by atoms with Crippen molar-refractivity contribution in [2.24, 2.45) is 0 Å². The van der Waals surface area contributed by atoms with Gasteiger partial charge in [0.1, 0.15) is 5.54 Å². The maximum absolute atomic E-state index is 11.9. The van der Waals surface area contributed by atoms with Crippen molar-refractivity contribution in [1.29, 1.82) is 0 Å². The van der Waals surface area contributed by atoms with Crippen LogP contribution in [0.2, 0.25) is 0 Å². The van der Waals surface area contributed by atoms with E-state index in [1.54, 1.807) is 75.5 Å². The first kappa shape index (κ1) is 58.4. The molecule has 1 fully saturated rings. The maximum Gasteiger partial charge on any atom is 0.327 e. The van der Waals surface area contributed by atoms with E-state index in [9.17, 15) is 47.9 Å². The van der Waals surface area contributed by atoms with Crippen molar-refractivity contribution in [3.05, 3.63) is 178 Å². The Morgan fingerprint density at radius 2 is 0.667 bits per heavy atom. The molecule has 16 heteroatoms. The van der Waals surface area contributed by atoms with Gasteiger partial charge in [-0.3, -0.25) is 67.7 Å². The molecule has 5 aliphatic rings. The second kappa shape index (κ2) is 22.3. The average Bonchev–Trinajstić information content (AvgIpc) is 3.89. The number of fused-ring (bicyclic) bond motifs is 6. The van der Waals surface area contributed by atoms with Crippen LogP contribution < -0.4 is 0 Å². The largest absolute Gasteiger partial charge is 0.327 e. The first-order chi connectivity index (χ1) is 33.7. The number of carbonyl (C=O) groups excluding carboxylic acids is 10. The molecular formula is C59H62N6O10. The number of amides is 11. The molecule has 0 bridgehead atoms. The van der Waals surface area contributed by atoms with Crippen LogP contribution in [0.5, 0.6) is 0 Å². The van der Waals surface area contributed by atoms with E-state index < -0.39 is 5.54 Å². The molecule has 16 nitrogen and oxygen atoms in total. The van der Waals surface area contributed by atoms with Gasteiger partial charge in [-0.15, -0.1) is 0 Å². The van der Waals surface area contributed by atoms with Crippen molar-refractivity contribution >= 4 is 91.5 Å². The second-order valence-electron chi connectivity index (χ2n) is 17.7. The predicted octanol–water partition coefficient (Wildman–Crippen LogP) is 9.94. The third-order valence-corrected chi connectivity index (χ3v) is 13.2. The number of rotatable bonds is 0. The van der Waals surface area contributed by atoms with Crippen LogP contribution in [0.3, 0.4) is 0 Å². The maximum atomic E-state index is 11.9. The molecule has 7 aromatic carbocycles. The van der Waals surface area contributed by atoms with Crippen LogP contribution in [0, 0.1) is 0 Å². The summed E-state index contributed by atoms with van der Waals surface area (Å²) in [5.74, 6) is -1.89. The molecule has 7 aromatic rings. The van der Waals surface area contributed by atoms with Gasteiger partial charge < -0.3 is 4.90 Å². The monoisotopic (exact) mass is 1010 g/mol. The van der Waals surface area contributed by atoms with Gasteiger partial charge in [-0.25, -0.2) is 4.79 Å². The molecule has 388 valence electrons. The number of hydrogen-bond acceptors (Lipinski definition) is 10. The first-order valence-corrected chi connectivity index (χ1v) is 22.2. The summed E-state index contributed by atoms with van der Waals surface area (Å²) in [4.78, 5) is 123. The number of nitrogens with zero attached hydrogens (tertiary/aromatic N) is 6. The van der Waals surface area contributed by atoms with Crippen LogP contribution in [0.1, 0.15) is 126 Å². The van der Waals surface area contributed by atoms with Crippen molar-refractivity contribution in [2.75, 3.05) is 42.3 Å². The Bertz CT molecular complexity index is 3370. The lowest BCUT2D eigenvalue weighted by atomic mass is 9.94. The zero-order chi connectivity index (χ0) is 51.4. The predicted molar refractivity (Wildman–Crippen MR) is 291 cm³/mol. The molecule has 5 aliphatic heterocycles. The Balaban J connectivity index is 0.000000202. The molecule has 12 rings (SSSR count). The minimum atomic E-state index is -0.675. The molecule has 0 atom stereocenters. The zero-order valence-electron chi connectivity index (χ0n) is 40.0. The van der Waals surface area contributed by atoms with Gasteiger partial charge in [0.25, 0.3) is 53.2 Å². The molecule has 0 saturated carbocycles. The van der Waals surface area contributed by atoms with E-state index in [-0.39, 0.29) is 88.9 Å². The molecule has 0 aromatic heterocycles. The lowest BCUT2D eigenvalue weighted by Gasteiger charge is -2.23. The standard InChI is InChI=1S/3C13H9NO2.C9H7NO2.C7H12N2O2.4CH4/c1-14-12(15)9-6-2-4-8-5-3-7-10(11(8)9)13(14)16;1-14-12(15)10-6-8-4-2-3-5-9(8)7-11(10)13(14)16;1-14-12(15)10-7-6-8-4-2-3-5-9(8)11(10)13(14)16;1-10-8(11)6-4-2-3-5-7(6)9(10)12;1-7(2)5(10)8(3)6(11)9(7)4;;;;/h3*2-7H,1H3;2-5H,1H3;1-4H3;4*1H4. The van der Waals surface area contributed by atoms with E-state index in [0.717, 1.165) is 56.8 Å². The van der Waals surface area contributed by atoms with Crippen LogP contribution in [0.15, 0.2) is 133 Å². The summed E-state index contributed by atoms with van der Waals surface area (Å²) in [5.41, 5.74) is 3.60. The van der Waals surface area contributed by atoms with Crippen molar-refractivity contribution in [2.45, 2.75) is 49.1 Å². The van der Waals surface area contributed by atoms with Gasteiger partial charge >= 0.3 is 6.03 Å². The number of carbonyl (C=O) groups is 10. The minimum Gasteiger partial charge on any atom is -0.313 e. The lowest BCUT2D eigenvalue weighted by Crippen LogP contribution is -2.41. The van der Waals surface area contributed by atoms with E-state index in [4.69, 9.17) is 0 Å². The highest BCUT2D eigenvalue weighted by molar-refractivity contribution is 6.27. The molecule has 5 heterocycles. The zero-order valence-corrected chi connectivity index (χ0v) is 40.0. The highest BCUT2D eigenvalue weighted by Crippen LogP contribution is 2.31. The Labute approximate surface area is 436 Å². The summed E-state index contributed by atoms with van der Waals surface area (Å²) in [6.45, 7) is 3.47. The van der Waals surface area contributed by atoms with Crippen molar-refractivity contribution in [3.8, 4) is 0 Å². The summed E-state index contributed by atoms with van der Waals surface area (Å²) < 4.78 is 0. The van der Waals surface area contributed by atoms with Crippen molar-refractivity contribution in [1.82, 2.24) is 29.4 Å². The van der Waals surface area contributed by atoms with Crippen LogP contribution in [-0.4, -0.2) is 136 Å². The molecule has 0 aliphatic carbocycles. The number of likely N-dealkylation sites (N-methyl/N-ethyl adjacent to an activating group) is 2. The second-order valence-corrected chi connectivity index (χ2v) is 17.7. The minimum absolute atomic E-state index is 0. The first-order valence-electron chi connectivity index (χ1n) is 22.2. The quantitative estimate of drug-likeness (QED) is 0.104. The summed E-state index contributed by atoms with van der Waals surface area (Å²) in [7, 11) is 9.15. The average molecular weight is 1020 g/mol. The summed E-state index contributed by atoms with van der Waals surface area (Å²) in [6, 6.07) is 40.1. The van der Waals surface area contributed by atoms with Crippen LogP contribution in [-0.2, 0) is 4.79 Å². The van der Waals surface area contributed by atoms with E-state index >= 15 is 0 Å². The Hall–Kier alpha value is -9.18. The van der Waals surface area contributed by atoms with E-state index in [0.29, 0.717) is 44.5 Å². The molecule has 75 heavy (non-hydrogen) atoms. The van der Waals surface area contributed by atoms with Crippen LogP contribution >= 0.6 is 0 Å². The fourth-order valence-electron chi connectivity index (χ4n) is 8.73. The highest BCUT2D eigenvalue weighted by atomic mass is 16.2. The molecule has 0 radical (unpaired) electrons. The number of imide groups is 5. The fourth-order valence-corrected chi connectivity index (χ4v) is 8.73. The number of hydrogen-bond donors (Lipinski definition) is 0. The van der Waals surface area contributed by atoms with E-state index in [1.165, 1.54) is 40.1 Å². The van der Waals surface area contributed by atoms with Crippen molar-refractivity contribution < 1.29 is 47.9 Å². The summed E-state index contributed by atoms with van der Waals surface area (Å²) >= 11 is 0. The third kappa shape index (κ3) is 9.89. The molecule has 0 unspecified atom stereocenters. The Morgan fingerprint density at radius 1 is 0.320 bits per heavy atom. The number of benzene rings is 7. The van der Waals surface area contributed by atoms with Crippen LogP contribution in [0.4, 0.5) is 4.79 Å². The summed E-state index contributed by atoms with van der Waals surface area (Å²) in [6.07, 6.45) is 0. The summed E-state index contributed by atoms with van der Waals surface area (Å²) in [5, 5.41) is 5.51. The van der Waals surface area contributed by atoms with Crippen molar-refractivity contribution in [3.63, 3.8) is 0 Å². The van der Waals surface area contributed by atoms with Gasteiger partial charge in [0, 0.05) is 58.8 Å². The lowest BCUT2D eigenvalue weighted by molar-refractivity contribution is -0.130. The molecular weight excluding hydrogens is 953 g/mol. The van der Waals surface area contributed by atoms with Gasteiger partial charge in [0.15, 0.2) is 0 Å². The Kier molecular flexibility index (Phi) is 17.4. The van der Waals surface area contributed by atoms with E-state index in [2.05, 4.69) is 0 Å². The van der Waals surface area contributed by atoms with Gasteiger partial charge in [-0.1, -0.05) is 121 Å². The van der Waals surface area contributed by atoms with E-state index in [1.807, 2.05) is 78.9 Å². The van der Waals surface area contributed by atoms with Gasteiger partial charge in [0.2, 0.25) is 0 Å². The van der Waals surface area contributed by atoms with Crippen LogP contribution in [0.25, 0.3) is 32.3 Å². The molecule has 0 spiro atoms. The fraction of sp³-hybridized carbons (Fsp3) is 0.220. The Morgan fingerprint density at radius 3 is 1.08 bits per heavy atom. The SMILES string of the molecule is C.C.C.C.CN1C(=O)N(C)C(C)(C)C1=O.CN1C(=O)c2cc3ccccc3cc2C1=O.CN1C(=O)c2ccc3ccccc3c2C1=O.CN1C(=O)c2cccc3cccc(c23)C1=O.CN1C(=O)c2ccccc2C1=O. The molecule has 11 amide bonds. The van der Waals surface area contributed by atoms with Gasteiger partial charge in [0.05, 0.1) is 33.4 Å². The number of urea groups is 1. The van der Waals surface area contributed by atoms with Gasteiger partial charge in [-0.05, 0) is 83.2 Å². The van der Waals surface area contributed by atoms with Gasteiger partial charge in [-0.2, -0.15) is 0 Å².